The van der Waals surface area contributed by atoms with Gasteiger partial charge in [0.25, 0.3) is 0 Å². The molecule has 1 aliphatic rings. The van der Waals surface area contributed by atoms with Crippen molar-refractivity contribution in [3.8, 4) is 0 Å². The Labute approximate surface area is 99.3 Å². The lowest BCUT2D eigenvalue weighted by Gasteiger charge is -2.04. The Morgan fingerprint density at radius 2 is 2.00 bits per heavy atom. The average Bonchev–Trinajstić information content (AvgIpc) is 2.65. The number of hydrogen-bond donors (Lipinski definition) is 1. The van der Waals surface area contributed by atoms with Crippen LogP contribution in [-0.4, -0.2) is 16.8 Å². The van der Waals surface area contributed by atoms with Crippen LogP contribution in [0, 0.1) is 0 Å². The number of carbonyl (C=O) groups excluding carboxylic acids is 1. The van der Waals surface area contributed by atoms with Crippen LogP contribution in [0.4, 0.5) is 5.69 Å². The Bertz CT molecular complexity index is 423. The van der Waals surface area contributed by atoms with Gasteiger partial charge in [0.2, 0.25) is 5.91 Å². The Morgan fingerprint density at radius 1 is 1.31 bits per heavy atom. The molecule has 1 amide bonds. The first-order valence-electron chi connectivity index (χ1n) is 5.26. The summed E-state index contributed by atoms with van der Waals surface area (Å²) in [7, 11) is 0. The summed E-state index contributed by atoms with van der Waals surface area (Å²) in [5.74, 6) is 1.04. The normalized spacial score (nSPS) is 18.2. The highest BCUT2D eigenvalue weighted by molar-refractivity contribution is 8.15. The topological polar surface area (TPSA) is 41.5 Å². The minimum Gasteiger partial charge on any atom is -0.304 e. The summed E-state index contributed by atoms with van der Waals surface area (Å²) < 4.78 is 0. The van der Waals surface area contributed by atoms with Gasteiger partial charge in [-0.3, -0.25) is 4.79 Å². The molecule has 0 aliphatic carbocycles. The fourth-order valence-electron chi connectivity index (χ4n) is 1.44. The van der Waals surface area contributed by atoms with E-state index in [1.165, 1.54) is 17.3 Å². The van der Waals surface area contributed by atoms with Crippen molar-refractivity contribution in [2.24, 2.45) is 4.99 Å². The SMILES string of the molecule is CC(C)c1ccc(N=C2NC(=O)CS2)cc1. The van der Waals surface area contributed by atoms with E-state index in [4.69, 9.17) is 0 Å². The van der Waals surface area contributed by atoms with E-state index in [0.717, 1.165) is 5.69 Å². The molecular formula is C12H14N2OS. The van der Waals surface area contributed by atoms with Crippen molar-refractivity contribution >= 4 is 28.5 Å². The van der Waals surface area contributed by atoms with Crippen molar-refractivity contribution in [2.75, 3.05) is 5.75 Å². The molecule has 1 aromatic carbocycles. The summed E-state index contributed by atoms with van der Waals surface area (Å²) in [5.41, 5.74) is 2.18. The van der Waals surface area contributed by atoms with Crippen molar-refractivity contribution in [1.82, 2.24) is 5.32 Å². The fraction of sp³-hybridized carbons (Fsp3) is 0.333. The highest BCUT2D eigenvalue weighted by Crippen LogP contribution is 2.21. The first kappa shape index (κ1) is 11.2. The Kier molecular flexibility index (Phi) is 3.29. The van der Waals surface area contributed by atoms with Crippen LogP contribution in [-0.2, 0) is 4.79 Å². The molecule has 4 heteroatoms. The van der Waals surface area contributed by atoms with E-state index in [2.05, 4.69) is 36.3 Å². The fourth-order valence-corrected chi connectivity index (χ4v) is 2.13. The van der Waals surface area contributed by atoms with Gasteiger partial charge in [-0.05, 0) is 23.6 Å². The zero-order valence-electron chi connectivity index (χ0n) is 9.36. The molecule has 1 saturated heterocycles. The summed E-state index contributed by atoms with van der Waals surface area (Å²) in [4.78, 5) is 15.3. The molecule has 0 aromatic heterocycles. The van der Waals surface area contributed by atoms with E-state index < -0.39 is 0 Å². The zero-order valence-corrected chi connectivity index (χ0v) is 10.2. The van der Waals surface area contributed by atoms with Gasteiger partial charge in [0.1, 0.15) is 0 Å². The summed E-state index contributed by atoms with van der Waals surface area (Å²) >= 11 is 1.45. The maximum atomic E-state index is 11.0. The van der Waals surface area contributed by atoms with E-state index in [0.29, 0.717) is 16.8 Å². The third-order valence-corrected chi connectivity index (χ3v) is 3.25. The van der Waals surface area contributed by atoms with Crippen LogP contribution in [0.15, 0.2) is 29.3 Å². The molecule has 0 radical (unpaired) electrons. The minimum atomic E-state index is 0.0301. The predicted molar refractivity (Wildman–Crippen MR) is 68.2 cm³/mol. The zero-order chi connectivity index (χ0) is 11.5. The number of amides is 1. The summed E-state index contributed by atoms with van der Waals surface area (Å²) in [6.45, 7) is 4.32. The number of carbonyl (C=O) groups is 1. The molecular weight excluding hydrogens is 220 g/mol. The molecule has 3 nitrogen and oxygen atoms in total. The number of amidine groups is 1. The second-order valence-corrected chi connectivity index (χ2v) is 4.96. The van der Waals surface area contributed by atoms with E-state index in [1.54, 1.807) is 0 Å². The van der Waals surface area contributed by atoms with Gasteiger partial charge in [-0.1, -0.05) is 37.7 Å². The number of benzene rings is 1. The number of nitrogens with zero attached hydrogens (tertiary/aromatic N) is 1. The lowest BCUT2D eigenvalue weighted by Crippen LogP contribution is -2.19. The van der Waals surface area contributed by atoms with Crippen LogP contribution in [0.5, 0.6) is 0 Å². The van der Waals surface area contributed by atoms with Crippen molar-refractivity contribution in [3.05, 3.63) is 29.8 Å². The van der Waals surface area contributed by atoms with E-state index in [9.17, 15) is 4.79 Å². The standard InChI is InChI=1S/C12H14N2OS/c1-8(2)9-3-5-10(6-4-9)13-12-14-11(15)7-16-12/h3-6,8H,7H2,1-2H3,(H,13,14,15). The van der Waals surface area contributed by atoms with E-state index in [1.807, 2.05) is 12.1 Å². The Hall–Kier alpha value is -1.29. The summed E-state index contributed by atoms with van der Waals surface area (Å²) in [5, 5.41) is 3.41. The molecule has 0 spiro atoms. The second kappa shape index (κ2) is 4.70. The first-order chi connectivity index (χ1) is 7.65. The van der Waals surface area contributed by atoms with Crippen LogP contribution in [0.25, 0.3) is 0 Å². The van der Waals surface area contributed by atoms with Crippen LogP contribution >= 0.6 is 11.8 Å². The quantitative estimate of drug-likeness (QED) is 0.854. The van der Waals surface area contributed by atoms with Crippen molar-refractivity contribution in [3.63, 3.8) is 0 Å². The maximum Gasteiger partial charge on any atom is 0.236 e. The lowest BCUT2D eigenvalue weighted by atomic mass is 10.0. The molecule has 16 heavy (non-hydrogen) atoms. The average molecular weight is 234 g/mol. The monoisotopic (exact) mass is 234 g/mol. The molecule has 1 N–H and O–H groups in total. The Morgan fingerprint density at radius 3 is 2.50 bits per heavy atom. The van der Waals surface area contributed by atoms with Gasteiger partial charge in [-0.25, -0.2) is 4.99 Å². The summed E-state index contributed by atoms with van der Waals surface area (Å²) in [6, 6.07) is 8.11. The van der Waals surface area contributed by atoms with Gasteiger partial charge < -0.3 is 5.32 Å². The van der Waals surface area contributed by atoms with Crippen LogP contribution in [0.3, 0.4) is 0 Å². The smallest absolute Gasteiger partial charge is 0.236 e. The van der Waals surface area contributed by atoms with Gasteiger partial charge in [0.15, 0.2) is 5.17 Å². The van der Waals surface area contributed by atoms with Crippen LogP contribution < -0.4 is 5.32 Å². The molecule has 84 valence electrons. The largest absolute Gasteiger partial charge is 0.304 e. The number of nitrogens with one attached hydrogen (secondary N) is 1. The van der Waals surface area contributed by atoms with Gasteiger partial charge in [0, 0.05) is 0 Å². The highest BCUT2D eigenvalue weighted by Gasteiger charge is 2.16. The second-order valence-electron chi connectivity index (χ2n) is 4.00. The number of aliphatic imine (C=N–C) groups is 1. The highest BCUT2D eigenvalue weighted by atomic mass is 32.2. The molecule has 2 rings (SSSR count). The van der Waals surface area contributed by atoms with Crippen molar-refractivity contribution in [1.29, 1.82) is 0 Å². The van der Waals surface area contributed by atoms with Crippen LogP contribution in [0.2, 0.25) is 0 Å². The molecule has 1 aliphatic heterocycles. The van der Waals surface area contributed by atoms with Crippen molar-refractivity contribution in [2.45, 2.75) is 19.8 Å². The third-order valence-electron chi connectivity index (χ3n) is 2.38. The van der Waals surface area contributed by atoms with Crippen LogP contribution in [0.1, 0.15) is 25.3 Å². The lowest BCUT2D eigenvalue weighted by molar-refractivity contribution is -0.116. The number of rotatable bonds is 2. The molecule has 1 heterocycles. The van der Waals surface area contributed by atoms with Gasteiger partial charge in [-0.2, -0.15) is 0 Å². The van der Waals surface area contributed by atoms with Gasteiger partial charge in [0.05, 0.1) is 11.4 Å². The van der Waals surface area contributed by atoms with Gasteiger partial charge in [-0.15, -0.1) is 0 Å². The maximum absolute atomic E-state index is 11.0. The predicted octanol–water partition coefficient (Wildman–Crippen LogP) is 2.66. The summed E-state index contributed by atoms with van der Waals surface area (Å²) in [6.07, 6.45) is 0. The van der Waals surface area contributed by atoms with Crippen molar-refractivity contribution < 1.29 is 4.79 Å². The molecule has 1 fully saturated rings. The minimum absolute atomic E-state index is 0.0301. The Balaban J connectivity index is 2.13. The number of hydrogen-bond acceptors (Lipinski definition) is 3. The molecule has 0 unspecified atom stereocenters. The number of thioether (sulfide) groups is 1. The molecule has 0 bridgehead atoms. The third kappa shape index (κ3) is 2.64. The van der Waals surface area contributed by atoms with E-state index >= 15 is 0 Å². The first-order valence-corrected chi connectivity index (χ1v) is 6.25. The molecule has 1 aromatic rings. The molecule has 0 saturated carbocycles. The van der Waals surface area contributed by atoms with E-state index in [-0.39, 0.29) is 5.91 Å². The van der Waals surface area contributed by atoms with Gasteiger partial charge >= 0.3 is 0 Å². The molecule has 0 atom stereocenters.